The monoisotopic (exact) mass is 491 g/mol. The fraction of sp³-hybridized carbons (Fsp3) is 0.250. The van der Waals surface area contributed by atoms with Gasteiger partial charge < -0.3 is 19.7 Å². The number of rotatable bonds is 8. The van der Waals surface area contributed by atoms with E-state index in [0.29, 0.717) is 17.4 Å². The third kappa shape index (κ3) is 4.12. The van der Waals surface area contributed by atoms with Gasteiger partial charge in [-0.25, -0.2) is 0 Å². The first-order valence-corrected chi connectivity index (χ1v) is 10.8. The molecule has 1 amide bonds. The van der Waals surface area contributed by atoms with Crippen molar-refractivity contribution in [2.45, 2.75) is 32.6 Å². The van der Waals surface area contributed by atoms with Crippen molar-refractivity contribution in [3.63, 3.8) is 0 Å². The number of aliphatic carboxylic acids is 1. The summed E-state index contributed by atoms with van der Waals surface area (Å²) >= 11 is 6.34. The van der Waals surface area contributed by atoms with Gasteiger partial charge in [0.15, 0.2) is 6.23 Å². The molecule has 3 aromatic rings. The molecule has 2 N–H and O–H groups in total. The summed E-state index contributed by atoms with van der Waals surface area (Å²) in [4.78, 5) is 25.5. The highest BCUT2D eigenvalue weighted by Gasteiger charge is 2.44. The van der Waals surface area contributed by atoms with Gasteiger partial charge in [0, 0.05) is 10.8 Å². The van der Waals surface area contributed by atoms with Gasteiger partial charge in [-0.2, -0.15) is 8.78 Å². The van der Waals surface area contributed by atoms with Crippen LogP contribution in [0.4, 0.5) is 14.5 Å². The predicted octanol–water partition coefficient (Wildman–Crippen LogP) is 5.16. The zero-order chi connectivity index (χ0) is 24.6. The Hall–Kier alpha value is -3.43. The van der Waals surface area contributed by atoms with E-state index < -0.39 is 24.7 Å². The quantitative estimate of drug-likeness (QED) is 0.452. The van der Waals surface area contributed by atoms with Gasteiger partial charge in [0.25, 0.3) is 5.91 Å². The molecular formula is C24H20ClF2NO6. The van der Waals surface area contributed by atoms with E-state index in [1.807, 2.05) is 6.92 Å². The molecule has 0 fully saturated rings. The summed E-state index contributed by atoms with van der Waals surface area (Å²) in [5, 5.41) is 20.8. The van der Waals surface area contributed by atoms with Crippen molar-refractivity contribution in [1.29, 1.82) is 0 Å². The van der Waals surface area contributed by atoms with Crippen LogP contribution in [0, 0.1) is 0 Å². The van der Waals surface area contributed by atoms with Crippen molar-refractivity contribution in [1.82, 2.24) is 0 Å². The van der Waals surface area contributed by atoms with Crippen LogP contribution in [-0.2, 0) is 11.2 Å². The Morgan fingerprint density at radius 1 is 1.18 bits per heavy atom. The molecule has 0 spiro atoms. The number of hydrogen-bond donors (Lipinski definition) is 2. The minimum absolute atomic E-state index is 0.0101. The number of fused-ring (bicyclic) bond motifs is 2. The van der Waals surface area contributed by atoms with Crippen LogP contribution in [0.1, 0.15) is 41.1 Å². The van der Waals surface area contributed by atoms with Crippen molar-refractivity contribution in [3.8, 4) is 11.5 Å². The van der Waals surface area contributed by atoms with E-state index in [1.165, 1.54) is 18.2 Å². The maximum Gasteiger partial charge on any atom is 0.387 e. The van der Waals surface area contributed by atoms with Crippen LogP contribution in [0.25, 0.3) is 10.8 Å². The molecule has 0 aromatic heterocycles. The molecule has 0 saturated carbocycles. The number of carbonyl (C=O) groups is 2. The highest BCUT2D eigenvalue weighted by atomic mass is 35.5. The molecule has 34 heavy (non-hydrogen) atoms. The van der Waals surface area contributed by atoms with Gasteiger partial charge in [0.1, 0.15) is 11.5 Å². The van der Waals surface area contributed by atoms with Gasteiger partial charge in [0.2, 0.25) is 0 Å². The Morgan fingerprint density at radius 3 is 2.44 bits per heavy atom. The molecule has 7 nitrogen and oxygen atoms in total. The second kappa shape index (κ2) is 9.44. The maximum atomic E-state index is 13.6. The lowest BCUT2D eigenvalue weighted by Crippen LogP contribution is -2.28. The fourth-order valence-corrected chi connectivity index (χ4v) is 4.35. The van der Waals surface area contributed by atoms with E-state index in [1.54, 1.807) is 24.3 Å². The lowest BCUT2D eigenvalue weighted by Gasteiger charge is -2.23. The van der Waals surface area contributed by atoms with Gasteiger partial charge in [-0.3, -0.25) is 14.5 Å². The summed E-state index contributed by atoms with van der Waals surface area (Å²) in [5.74, 6) is -1.95. The Morgan fingerprint density at radius 2 is 1.85 bits per heavy atom. The maximum absolute atomic E-state index is 13.6. The molecule has 178 valence electrons. The fourth-order valence-electron chi connectivity index (χ4n) is 4.06. The largest absolute Gasteiger partial charge is 0.492 e. The third-order valence-electron chi connectivity index (χ3n) is 5.38. The number of hydrogen-bond acceptors (Lipinski definition) is 5. The average molecular weight is 492 g/mol. The van der Waals surface area contributed by atoms with E-state index in [-0.39, 0.29) is 51.7 Å². The van der Waals surface area contributed by atoms with Gasteiger partial charge in [-0.05, 0) is 24.1 Å². The highest BCUT2D eigenvalue weighted by Crippen LogP contribution is 2.51. The standard InChI is InChI=1S/C24H20ClF2NO6/c1-2-9-33-20-13-5-3-4-6-14(13)21(34-24(26)27)19-18(20)22(31)28(23(19)32)16-8-7-12(10-15(16)25)11-17(29)30/h3-8,10,23-24,32H,2,9,11H2,1H3,(H,29,30). The van der Waals surface area contributed by atoms with E-state index >= 15 is 0 Å². The van der Waals surface area contributed by atoms with Crippen LogP contribution in [0.15, 0.2) is 42.5 Å². The summed E-state index contributed by atoms with van der Waals surface area (Å²) in [7, 11) is 0. The van der Waals surface area contributed by atoms with Gasteiger partial charge in [0.05, 0.1) is 34.9 Å². The summed E-state index contributed by atoms with van der Waals surface area (Å²) in [6.45, 7) is -1.08. The molecule has 0 radical (unpaired) electrons. The second-order valence-electron chi connectivity index (χ2n) is 7.62. The molecule has 4 rings (SSSR count). The minimum Gasteiger partial charge on any atom is -0.492 e. The molecule has 10 heteroatoms. The molecule has 1 aliphatic heterocycles. The molecule has 0 aliphatic carbocycles. The van der Waals surface area contributed by atoms with Gasteiger partial charge >= 0.3 is 12.6 Å². The summed E-state index contributed by atoms with van der Waals surface area (Å²) in [6, 6.07) is 10.7. The predicted molar refractivity (Wildman–Crippen MR) is 121 cm³/mol. The molecule has 3 aromatic carbocycles. The van der Waals surface area contributed by atoms with E-state index in [2.05, 4.69) is 0 Å². The summed E-state index contributed by atoms with van der Waals surface area (Å²) < 4.78 is 37.4. The number of amides is 1. The van der Waals surface area contributed by atoms with Crippen molar-refractivity contribution < 1.29 is 38.1 Å². The lowest BCUT2D eigenvalue weighted by atomic mass is 9.98. The third-order valence-corrected chi connectivity index (χ3v) is 5.68. The Kier molecular flexibility index (Phi) is 6.58. The topological polar surface area (TPSA) is 96.3 Å². The van der Waals surface area contributed by atoms with Crippen molar-refractivity contribution in [2.75, 3.05) is 11.5 Å². The number of benzene rings is 3. The molecule has 1 aliphatic rings. The molecule has 1 atom stereocenters. The number of nitrogens with zero attached hydrogens (tertiary/aromatic N) is 1. The summed E-state index contributed by atoms with van der Waals surface area (Å²) in [6.07, 6.45) is -1.37. The first kappa shape index (κ1) is 23.7. The van der Waals surface area contributed by atoms with Crippen LogP contribution in [0.2, 0.25) is 5.02 Å². The minimum atomic E-state index is -3.20. The normalized spacial score (nSPS) is 15.2. The Labute approximate surface area is 198 Å². The van der Waals surface area contributed by atoms with Gasteiger partial charge in [-0.15, -0.1) is 0 Å². The van der Waals surface area contributed by atoms with Gasteiger partial charge in [-0.1, -0.05) is 48.9 Å². The van der Waals surface area contributed by atoms with Crippen LogP contribution >= 0.6 is 11.6 Å². The average Bonchev–Trinajstić information content (AvgIpc) is 3.03. The number of anilines is 1. The number of carbonyl (C=O) groups excluding carboxylic acids is 1. The number of halogens is 3. The van der Waals surface area contributed by atoms with Crippen molar-refractivity contribution >= 4 is 39.9 Å². The zero-order valence-electron chi connectivity index (χ0n) is 17.9. The first-order valence-electron chi connectivity index (χ1n) is 10.4. The number of ether oxygens (including phenoxy) is 2. The zero-order valence-corrected chi connectivity index (χ0v) is 18.7. The smallest absolute Gasteiger partial charge is 0.387 e. The SMILES string of the molecule is CCCOc1c2c(c(OC(F)F)c3ccccc13)C(O)N(c1ccc(CC(=O)O)cc1Cl)C2=O. The number of carboxylic acids is 1. The van der Waals surface area contributed by atoms with Crippen LogP contribution < -0.4 is 14.4 Å². The second-order valence-corrected chi connectivity index (χ2v) is 8.03. The summed E-state index contributed by atoms with van der Waals surface area (Å²) in [5.41, 5.74) is 0.221. The molecule has 1 unspecified atom stereocenters. The van der Waals surface area contributed by atoms with Crippen LogP contribution in [0.5, 0.6) is 11.5 Å². The van der Waals surface area contributed by atoms with E-state index in [4.69, 9.17) is 26.2 Å². The molecular weight excluding hydrogens is 472 g/mol. The lowest BCUT2D eigenvalue weighted by molar-refractivity contribution is -0.136. The number of alkyl halides is 2. The van der Waals surface area contributed by atoms with Crippen LogP contribution in [0.3, 0.4) is 0 Å². The first-order chi connectivity index (χ1) is 16.2. The number of carboxylic acid groups (broad SMARTS) is 1. The Balaban J connectivity index is 1.93. The van der Waals surface area contributed by atoms with Crippen LogP contribution in [-0.4, -0.2) is 35.3 Å². The number of aliphatic hydroxyl groups is 1. The molecule has 0 bridgehead atoms. The van der Waals surface area contributed by atoms with Crippen molar-refractivity contribution in [2.24, 2.45) is 0 Å². The number of aliphatic hydroxyl groups excluding tert-OH is 1. The van der Waals surface area contributed by atoms with Crippen molar-refractivity contribution in [3.05, 3.63) is 64.2 Å². The van der Waals surface area contributed by atoms with E-state index in [9.17, 15) is 23.5 Å². The highest BCUT2D eigenvalue weighted by molar-refractivity contribution is 6.34. The Bertz CT molecular complexity index is 1280. The molecule has 0 saturated heterocycles. The van der Waals surface area contributed by atoms with E-state index in [0.717, 1.165) is 4.90 Å². The molecule has 1 heterocycles.